The first-order chi connectivity index (χ1) is 14.2. The summed E-state index contributed by atoms with van der Waals surface area (Å²) in [6, 6.07) is 15.1. The molecule has 0 atom stereocenters. The summed E-state index contributed by atoms with van der Waals surface area (Å²) >= 11 is 0. The summed E-state index contributed by atoms with van der Waals surface area (Å²) in [6.07, 6.45) is -0.275. The number of aliphatic imine (C=N–C) groups is 1. The summed E-state index contributed by atoms with van der Waals surface area (Å²) in [5.74, 6) is -1.70. The fourth-order valence-corrected chi connectivity index (χ4v) is 2.99. The molecular weight excluding hydrogens is 384 g/mol. The standard InChI is InChI=1S/C21H20N6O3/c22-19(23)14-2-1-13-9-16(4-3-12(13)8-14)26-20(30)15-5-11(7-18(28)29)6-17(10-15)27-21(24)25/h1-6,8-10H,7H2,(H3,22,23)(H,26,30)(H,28,29)(H4,24,25,27). The minimum atomic E-state index is -1.04. The van der Waals surface area contributed by atoms with Gasteiger partial charge >= 0.3 is 5.97 Å². The molecule has 30 heavy (non-hydrogen) atoms. The average molecular weight is 404 g/mol. The number of hydrogen-bond donors (Lipinski definition) is 6. The van der Waals surface area contributed by atoms with Crippen LogP contribution in [0.15, 0.2) is 59.6 Å². The lowest BCUT2D eigenvalue weighted by Gasteiger charge is -2.10. The number of amides is 1. The van der Waals surface area contributed by atoms with Crippen LogP contribution in [0.3, 0.4) is 0 Å². The van der Waals surface area contributed by atoms with E-state index in [1.807, 2.05) is 12.1 Å². The summed E-state index contributed by atoms with van der Waals surface area (Å²) in [5.41, 5.74) is 18.4. The van der Waals surface area contributed by atoms with Crippen molar-refractivity contribution in [1.82, 2.24) is 0 Å². The van der Waals surface area contributed by atoms with Crippen LogP contribution >= 0.6 is 0 Å². The van der Waals surface area contributed by atoms with Crippen LogP contribution in [-0.4, -0.2) is 28.8 Å². The highest BCUT2D eigenvalue weighted by Crippen LogP contribution is 2.23. The molecule has 0 aliphatic carbocycles. The second-order valence-electron chi connectivity index (χ2n) is 6.64. The third-order valence-electron chi connectivity index (χ3n) is 4.26. The highest BCUT2D eigenvalue weighted by Gasteiger charge is 2.12. The van der Waals surface area contributed by atoms with Crippen molar-refractivity contribution in [2.24, 2.45) is 22.2 Å². The lowest BCUT2D eigenvalue weighted by Crippen LogP contribution is -2.22. The Kier molecular flexibility index (Phi) is 5.63. The molecule has 3 rings (SSSR count). The molecule has 152 valence electrons. The molecule has 0 aliphatic heterocycles. The molecule has 0 spiro atoms. The van der Waals surface area contributed by atoms with Crippen LogP contribution in [0.4, 0.5) is 11.4 Å². The average Bonchev–Trinajstić information content (AvgIpc) is 2.66. The van der Waals surface area contributed by atoms with Crippen molar-refractivity contribution >= 4 is 45.8 Å². The number of rotatable bonds is 6. The van der Waals surface area contributed by atoms with Crippen LogP contribution in [0, 0.1) is 5.41 Å². The van der Waals surface area contributed by atoms with Gasteiger partial charge in [0.2, 0.25) is 0 Å². The Bertz CT molecular complexity index is 1200. The SMILES string of the molecule is N=C(N)c1ccc2cc(NC(=O)c3cc(CC(=O)O)cc(N=C(N)N)c3)ccc2c1. The molecule has 0 aromatic heterocycles. The van der Waals surface area contributed by atoms with E-state index >= 15 is 0 Å². The number of hydrogen-bond acceptors (Lipinski definition) is 4. The molecule has 1 amide bonds. The Hall–Kier alpha value is -4.40. The van der Waals surface area contributed by atoms with E-state index in [1.165, 1.54) is 18.2 Å². The number of nitrogens with zero attached hydrogens (tertiary/aromatic N) is 1. The van der Waals surface area contributed by atoms with Crippen LogP contribution in [0.25, 0.3) is 10.8 Å². The quantitative estimate of drug-likeness (QED) is 0.269. The van der Waals surface area contributed by atoms with Gasteiger partial charge in [-0.05, 0) is 52.7 Å². The number of amidine groups is 1. The van der Waals surface area contributed by atoms with Gasteiger partial charge in [-0.3, -0.25) is 15.0 Å². The molecule has 0 heterocycles. The van der Waals surface area contributed by atoms with E-state index in [0.29, 0.717) is 16.8 Å². The lowest BCUT2D eigenvalue weighted by molar-refractivity contribution is -0.136. The Balaban J connectivity index is 1.90. The summed E-state index contributed by atoms with van der Waals surface area (Å²) in [5, 5.41) is 21.1. The molecule has 0 saturated carbocycles. The van der Waals surface area contributed by atoms with E-state index in [1.54, 1.807) is 24.3 Å². The molecule has 0 radical (unpaired) electrons. The van der Waals surface area contributed by atoms with Crippen LogP contribution in [0.5, 0.6) is 0 Å². The molecule has 9 nitrogen and oxygen atoms in total. The Morgan fingerprint density at radius 1 is 0.933 bits per heavy atom. The van der Waals surface area contributed by atoms with Crippen LogP contribution in [0.2, 0.25) is 0 Å². The van der Waals surface area contributed by atoms with Crippen LogP contribution in [0.1, 0.15) is 21.5 Å². The van der Waals surface area contributed by atoms with Crippen molar-refractivity contribution in [2.75, 3.05) is 5.32 Å². The largest absolute Gasteiger partial charge is 0.481 e. The minimum absolute atomic E-state index is 0.0212. The van der Waals surface area contributed by atoms with E-state index in [2.05, 4.69) is 10.3 Å². The molecule has 0 saturated heterocycles. The van der Waals surface area contributed by atoms with Crippen molar-refractivity contribution in [3.8, 4) is 0 Å². The maximum Gasteiger partial charge on any atom is 0.307 e. The van der Waals surface area contributed by atoms with Gasteiger partial charge in [0.05, 0.1) is 12.1 Å². The third kappa shape index (κ3) is 4.90. The highest BCUT2D eigenvalue weighted by atomic mass is 16.4. The number of nitrogens with two attached hydrogens (primary N) is 3. The van der Waals surface area contributed by atoms with E-state index in [4.69, 9.17) is 27.7 Å². The normalized spacial score (nSPS) is 10.4. The van der Waals surface area contributed by atoms with Crippen molar-refractivity contribution < 1.29 is 14.7 Å². The maximum absolute atomic E-state index is 12.8. The topological polar surface area (TPSA) is 181 Å². The molecule has 0 fully saturated rings. The van der Waals surface area contributed by atoms with Gasteiger partial charge in [-0.2, -0.15) is 0 Å². The summed E-state index contributed by atoms with van der Waals surface area (Å²) < 4.78 is 0. The number of carbonyl (C=O) groups excluding carboxylic acids is 1. The molecular formula is C21H20N6O3. The van der Waals surface area contributed by atoms with Gasteiger partial charge in [0, 0.05) is 16.8 Å². The van der Waals surface area contributed by atoms with Crippen molar-refractivity contribution in [3.63, 3.8) is 0 Å². The predicted octanol–water partition coefficient (Wildman–Crippen LogP) is 1.91. The minimum Gasteiger partial charge on any atom is -0.481 e. The monoisotopic (exact) mass is 404 g/mol. The van der Waals surface area contributed by atoms with Gasteiger partial charge in [0.1, 0.15) is 5.84 Å². The summed E-state index contributed by atoms with van der Waals surface area (Å²) in [4.78, 5) is 27.7. The number of guanidine groups is 1. The first-order valence-corrected chi connectivity index (χ1v) is 8.86. The van der Waals surface area contributed by atoms with Crippen molar-refractivity contribution in [1.29, 1.82) is 5.41 Å². The molecule has 0 unspecified atom stereocenters. The number of carbonyl (C=O) groups is 2. The smallest absolute Gasteiger partial charge is 0.307 e. The van der Waals surface area contributed by atoms with Gasteiger partial charge in [-0.1, -0.05) is 18.2 Å². The fraction of sp³-hybridized carbons (Fsp3) is 0.0476. The Labute approximate surface area is 171 Å². The molecule has 0 aliphatic rings. The van der Waals surface area contributed by atoms with Crippen LogP contribution in [-0.2, 0) is 11.2 Å². The van der Waals surface area contributed by atoms with Gasteiger partial charge in [0.15, 0.2) is 5.96 Å². The zero-order valence-electron chi connectivity index (χ0n) is 15.8. The highest BCUT2D eigenvalue weighted by molar-refractivity contribution is 6.06. The molecule has 3 aromatic rings. The lowest BCUT2D eigenvalue weighted by atomic mass is 10.0. The molecule has 0 bridgehead atoms. The van der Waals surface area contributed by atoms with Crippen LogP contribution < -0.4 is 22.5 Å². The van der Waals surface area contributed by atoms with Gasteiger partial charge in [0.25, 0.3) is 5.91 Å². The van der Waals surface area contributed by atoms with Crippen molar-refractivity contribution in [2.45, 2.75) is 6.42 Å². The van der Waals surface area contributed by atoms with E-state index in [9.17, 15) is 9.59 Å². The number of fused-ring (bicyclic) bond motifs is 1. The number of carboxylic acid groups (broad SMARTS) is 1. The van der Waals surface area contributed by atoms with Gasteiger partial charge in [-0.25, -0.2) is 4.99 Å². The number of anilines is 1. The molecule has 9 N–H and O–H groups in total. The van der Waals surface area contributed by atoms with E-state index in [-0.39, 0.29) is 29.5 Å². The van der Waals surface area contributed by atoms with Crippen molar-refractivity contribution in [3.05, 3.63) is 71.3 Å². The molecule has 3 aromatic carbocycles. The fourth-order valence-electron chi connectivity index (χ4n) is 2.99. The van der Waals surface area contributed by atoms with E-state index < -0.39 is 11.9 Å². The second-order valence-corrected chi connectivity index (χ2v) is 6.64. The zero-order valence-corrected chi connectivity index (χ0v) is 15.8. The van der Waals surface area contributed by atoms with E-state index in [0.717, 1.165) is 10.8 Å². The second kappa shape index (κ2) is 8.31. The number of aliphatic carboxylic acids is 1. The number of carboxylic acids is 1. The maximum atomic E-state index is 12.8. The Morgan fingerprint density at radius 2 is 1.63 bits per heavy atom. The number of benzene rings is 3. The first kappa shape index (κ1) is 20.3. The van der Waals surface area contributed by atoms with Gasteiger partial charge in [-0.15, -0.1) is 0 Å². The Morgan fingerprint density at radius 3 is 2.30 bits per heavy atom. The summed E-state index contributed by atoms with van der Waals surface area (Å²) in [6.45, 7) is 0. The predicted molar refractivity (Wildman–Crippen MR) is 116 cm³/mol. The third-order valence-corrected chi connectivity index (χ3v) is 4.26. The number of nitrogens with one attached hydrogen (secondary N) is 2. The zero-order chi connectivity index (χ0) is 21.8. The molecule has 9 heteroatoms. The number of nitrogen functional groups attached to an aromatic ring is 1. The van der Waals surface area contributed by atoms with Gasteiger partial charge < -0.3 is 27.6 Å². The first-order valence-electron chi connectivity index (χ1n) is 8.86. The summed E-state index contributed by atoms with van der Waals surface area (Å²) in [7, 11) is 0.